The van der Waals surface area contributed by atoms with E-state index in [9.17, 15) is 27.9 Å². The SMILES string of the molecule is CC[C@H]1OC(=O)[C@H](C)[C@H]2OCC3COC(C)(C[C@@H](C)C(=O)[C@H](C)[C@@H]4N(C/C3=N/OCCNS(=O)(=O)c3cccc5ccccc35)C(=O)OC41C)[C@H](O[C@@H]1O[C@H](C)C[C@H](N(C)C)[C@H]1O)[C@H]2C. The molecule has 2 N–H and O–H groups in total. The molecule has 5 heterocycles. The number of cyclic esters (lactones) is 1. The van der Waals surface area contributed by atoms with Crippen LogP contribution in [0.2, 0.25) is 0 Å². The second-order valence-corrected chi connectivity index (χ2v) is 21.2. The summed E-state index contributed by atoms with van der Waals surface area (Å²) in [4.78, 5) is 53.0. The number of rotatable bonds is 10. The Labute approximate surface area is 382 Å². The van der Waals surface area contributed by atoms with Gasteiger partial charge in [0.15, 0.2) is 11.9 Å². The van der Waals surface area contributed by atoms with Crippen LogP contribution in [0.15, 0.2) is 52.5 Å². The molecule has 5 fully saturated rings. The molecule has 2 aromatic rings. The van der Waals surface area contributed by atoms with Gasteiger partial charge in [0.25, 0.3) is 0 Å². The fraction of sp³-hybridized carbons (Fsp3) is 0.702. The topological polar surface area (TPSA) is 201 Å². The van der Waals surface area contributed by atoms with E-state index in [0.717, 1.165) is 5.39 Å². The van der Waals surface area contributed by atoms with Crippen LogP contribution in [0.5, 0.6) is 0 Å². The van der Waals surface area contributed by atoms with Gasteiger partial charge < -0.3 is 43.3 Å². The maximum Gasteiger partial charge on any atom is 0.411 e. The zero-order chi connectivity index (χ0) is 47.2. The number of benzene rings is 2. The quantitative estimate of drug-likeness (QED) is 0.191. The van der Waals surface area contributed by atoms with Crippen molar-refractivity contribution in [2.24, 2.45) is 34.7 Å². The first kappa shape index (κ1) is 49.2. The predicted molar refractivity (Wildman–Crippen MR) is 239 cm³/mol. The average molecular weight is 929 g/mol. The first-order valence-electron chi connectivity index (χ1n) is 23.0. The molecule has 5 aliphatic heterocycles. The first-order valence-corrected chi connectivity index (χ1v) is 24.5. The molecule has 17 nitrogen and oxygen atoms in total. The number of oxime groups is 1. The molecule has 1 amide bonds. The van der Waals surface area contributed by atoms with Gasteiger partial charge in [-0.05, 0) is 72.5 Å². The van der Waals surface area contributed by atoms with Gasteiger partial charge in [-0.3, -0.25) is 14.5 Å². The van der Waals surface area contributed by atoms with E-state index in [4.69, 9.17) is 33.3 Å². The average Bonchev–Trinajstić information content (AvgIpc) is 3.54. The second-order valence-electron chi connectivity index (χ2n) is 19.4. The Kier molecular flexibility index (Phi) is 14.7. The second kappa shape index (κ2) is 19.5. The predicted octanol–water partition coefficient (Wildman–Crippen LogP) is 4.52. The van der Waals surface area contributed by atoms with Gasteiger partial charge in [-0.25, -0.2) is 17.9 Å². The molecule has 6 bridgehead atoms. The fourth-order valence-electron chi connectivity index (χ4n) is 11.0. The third-order valence-electron chi connectivity index (χ3n) is 14.5. The summed E-state index contributed by atoms with van der Waals surface area (Å²) in [7, 11) is -0.166. The largest absolute Gasteiger partial charge is 0.458 e. The maximum atomic E-state index is 14.9. The van der Waals surface area contributed by atoms with Gasteiger partial charge in [-0.1, -0.05) is 69.2 Å². The fourth-order valence-corrected chi connectivity index (χ4v) is 12.3. The zero-order valence-corrected chi connectivity index (χ0v) is 40.1. The van der Waals surface area contributed by atoms with Crippen molar-refractivity contribution in [2.75, 3.05) is 47.0 Å². The van der Waals surface area contributed by atoms with Gasteiger partial charge in [-0.2, -0.15) is 0 Å². The number of amides is 1. The Morgan fingerprint density at radius 3 is 2.45 bits per heavy atom. The standard InChI is InChI=1S/C47H68N4O13S/c1-11-37-47(8)41-28(4)38(52)26(2)22-46(7)42(63-44-39(53)35(50(9)10)21-27(3)61-44)29(5)40(30(6)43(54)62-37)58-24-32(25-59-46)34(23-51(41)45(55)64-47)49-60-20-19-48-65(56,57)36-18-14-16-31-15-12-13-17-33(31)36/h12-18,26-30,32,35,37,39-42,44,48,53H,11,19-25H2,1-10H3/b49-34-/t26-,27-,28+,29+,30-,32?,35+,37-,39-,40+,41+,42-,44+,46?,47?/m1/s1. The van der Waals surface area contributed by atoms with Crippen LogP contribution in [0.3, 0.4) is 0 Å². The van der Waals surface area contributed by atoms with Crippen molar-refractivity contribution in [1.29, 1.82) is 0 Å². The number of likely N-dealkylation sites (N-methyl/N-ethyl adjacent to an activating group) is 1. The number of esters is 1. The Morgan fingerprint density at radius 2 is 1.72 bits per heavy atom. The van der Waals surface area contributed by atoms with E-state index >= 15 is 0 Å². The number of carbonyl (C=O) groups excluding carboxylic acids is 3. The van der Waals surface area contributed by atoms with E-state index < -0.39 is 99.6 Å². The number of ether oxygens (including phenoxy) is 6. The summed E-state index contributed by atoms with van der Waals surface area (Å²) < 4.78 is 69.4. The molecular weight excluding hydrogens is 861 g/mol. The van der Waals surface area contributed by atoms with Crippen molar-refractivity contribution in [3.8, 4) is 0 Å². The lowest BCUT2D eigenvalue weighted by atomic mass is 9.73. The number of nitrogens with one attached hydrogen (secondary N) is 1. The third-order valence-corrected chi connectivity index (χ3v) is 16.0. The Hall–Kier alpha value is -3.75. The number of hydrogen-bond donors (Lipinski definition) is 2. The van der Waals surface area contributed by atoms with E-state index in [1.807, 2.05) is 71.8 Å². The van der Waals surface area contributed by atoms with E-state index in [1.165, 1.54) is 4.90 Å². The molecule has 3 unspecified atom stereocenters. The summed E-state index contributed by atoms with van der Waals surface area (Å²) in [6, 6.07) is 11.1. The first-order chi connectivity index (χ1) is 30.7. The molecule has 360 valence electrons. The molecule has 0 saturated carbocycles. The molecule has 0 radical (unpaired) electrons. The lowest BCUT2D eigenvalue weighted by Crippen LogP contribution is -2.61. The van der Waals surface area contributed by atoms with Gasteiger partial charge >= 0.3 is 12.1 Å². The number of sulfonamides is 1. The molecule has 2 aromatic carbocycles. The van der Waals surface area contributed by atoms with Gasteiger partial charge in [0.1, 0.15) is 24.6 Å². The van der Waals surface area contributed by atoms with E-state index in [1.54, 1.807) is 45.0 Å². The van der Waals surface area contributed by atoms with Crippen LogP contribution in [0.25, 0.3) is 10.8 Å². The minimum absolute atomic E-state index is 0.0420. The van der Waals surface area contributed by atoms with Gasteiger partial charge in [-0.15, -0.1) is 0 Å². The lowest BCUT2D eigenvalue weighted by Gasteiger charge is -2.48. The van der Waals surface area contributed by atoms with Crippen molar-refractivity contribution in [3.05, 3.63) is 42.5 Å². The summed E-state index contributed by atoms with van der Waals surface area (Å²) >= 11 is 0. The summed E-state index contributed by atoms with van der Waals surface area (Å²) in [6.07, 6.45) is -4.83. The van der Waals surface area contributed by atoms with Crippen LogP contribution in [0.1, 0.15) is 74.7 Å². The van der Waals surface area contributed by atoms with Gasteiger partial charge in [0, 0.05) is 41.6 Å². The number of nitrogens with zero attached hydrogens (tertiary/aromatic N) is 3. The maximum absolute atomic E-state index is 14.9. The monoisotopic (exact) mass is 928 g/mol. The third kappa shape index (κ3) is 9.69. The van der Waals surface area contributed by atoms with Crippen LogP contribution in [-0.2, 0) is 52.9 Å². The molecular formula is C47H68N4O13S. The number of Topliss-reactive ketones (excluding diaryl/α,β-unsaturated/α-hetero) is 1. The normalized spacial score (nSPS) is 39.1. The number of ketones is 1. The highest BCUT2D eigenvalue weighted by Crippen LogP contribution is 2.45. The van der Waals surface area contributed by atoms with Crippen molar-refractivity contribution in [3.63, 3.8) is 0 Å². The highest BCUT2D eigenvalue weighted by Gasteiger charge is 2.61. The van der Waals surface area contributed by atoms with Crippen molar-refractivity contribution < 1.29 is 61.2 Å². The lowest BCUT2D eigenvalue weighted by molar-refractivity contribution is -0.302. The highest BCUT2D eigenvalue weighted by molar-refractivity contribution is 7.89. The van der Waals surface area contributed by atoms with Crippen LogP contribution >= 0.6 is 0 Å². The molecule has 7 rings (SSSR count). The molecule has 65 heavy (non-hydrogen) atoms. The Morgan fingerprint density at radius 1 is 1.00 bits per heavy atom. The molecule has 0 aromatic heterocycles. The molecule has 0 aliphatic carbocycles. The molecule has 18 heteroatoms. The van der Waals surface area contributed by atoms with Crippen LogP contribution in [0.4, 0.5) is 4.79 Å². The Bertz CT molecular complexity index is 2200. The number of aliphatic hydroxyl groups excluding tert-OH is 1. The molecule has 5 aliphatic rings. The molecule has 15 atom stereocenters. The molecule has 0 spiro atoms. The number of hydrogen-bond acceptors (Lipinski definition) is 15. The summed E-state index contributed by atoms with van der Waals surface area (Å²) in [6.45, 7) is 14.0. The molecule has 5 saturated heterocycles. The van der Waals surface area contributed by atoms with Gasteiger partial charge in [0.2, 0.25) is 10.0 Å². The van der Waals surface area contributed by atoms with Crippen LogP contribution in [-0.4, -0.2) is 154 Å². The smallest absolute Gasteiger partial charge is 0.411 e. The van der Waals surface area contributed by atoms with Crippen molar-refractivity contribution in [2.45, 2.75) is 140 Å². The number of fused-ring (bicyclic) bond motifs is 6. The zero-order valence-electron chi connectivity index (χ0n) is 39.3. The summed E-state index contributed by atoms with van der Waals surface area (Å²) in [5.74, 6) is -4.41. The number of carbonyl (C=O) groups is 3. The minimum atomic E-state index is -3.95. The van der Waals surface area contributed by atoms with Gasteiger partial charge in [0.05, 0.1) is 66.2 Å². The van der Waals surface area contributed by atoms with E-state index in [0.29, 0.717) is 17.5 Å². The Balaban J connectivity index is 1.30. The van der Waals surface area contributed by atoms with Crippen molar-refractivity contribution >= 4 is 44.4 Å². The minimum Gasteiger partial charge on any atom is -0.458 e. The number of aliphatic hydroxyl groups is 1. The van der Waals surface area contributed by atoms with Crippen LogP contribution < -0.4 is 4.72 Å². The van der Waals surface area contributed by atoms with Crippen molar-refractivity contribution in [1.82, 2.24) is 14.5 Å². The highest BCUT2D eigenvalue weighted by atomic mass is 32.2. The van der Waals surface area contributed by atoms with E-state index in [2.05, 4.69) is 9.88 Å². The summed E-state index contributed by atoms with van der Waals surface area (Å²) in [5, 5.41) is 17.7. The van der Waals surface area contributed by atoms with E-state index in [-0.39, 0.29) is 68.6 Å². The van der Waals surface area contributed by atoms with Crippen LogP contribution in [0, 0.1) is 29.6 Å². The summed E-state index contributed by atoms with van der Waals surface area (Å²) in [5.41, 5.74) is -2.40.